The van der Waals surface area contributed by atoms with Gasteiger partial charge in [-0.1, -0.05) is 6.08 Å². The van der Waals surface area contributed by atoms with Crippen molar-refractivity contribution >= 4 is 12.6 Å². The van der Waals surface area contributed by atoms with Gasteiger partial charge in [-0.2, -0.15) is 0 Å². The Morgan fingerprint density at radius 3 is 3.11 bits per heavy atom. The highest BCUT2D eigenvalue weighted by Crippen LogP contribution is 2.14. The second-order valence-electron chi connectivity index (χ2n) is 2.48. The zero-order valence-electron chi connectivity index (χ0n) is 5.80. The van der Waals surface area contributed by atoms with Gasteiger partial charge in [-0.15, -0.1) is 12.6 Å². The Kier molecular flexibility index (Phi) is 2.46. The summed E-state index contributed by atoms with van der Waals surface area (Å²) >= 11 is 4.31. The zero-order valence-corrected chi connectivity index (χ0v) is 6.69. The van der Waals surface area contributed by atoms with Crippen LogP contribution in [0.5, 0.6) is 0 Å². The summed E-state index contributed by atoms with van der Waals surface area (Å²) in [5.41, 5.74) is 0. The average Bonchev–Trinajstić information content (AvgIpc) is 1.99. The Bertz CT molecular complexity index is 120. The standard InChI is InChI=1S/C7H13NS/c1-8-6-4-2-3-5-7(8)9/h5,9H,2-4,6H2,1H3. The summed E-state index contributed by atoms with van der Waals surface area (Å²) in [4.78, 5) is 2.19. The van der Waals surface area contributed by atoms with E-state index in [4.69, 9.17) is 0 Å². The van der Waals surface area contributed by atoms with Gasteiger partial charge in [-0.3, -0.25) is 0 Å². The summed E-state index contributed by atoms with van der Waals surface area (Å²) in [5.74, 6) is 0. The topological polar surface area (TPSA) is 3.24 Å². The number of rotatable bonds is 0. The average molecular weight is 143 g/mol. The number of nitrogens with zero attached hydrogens (tertiary/aromatic N) is 1. The molecule has 0 amide bonds. The number of hydrogen-bond donors (Lipinski definition) is 1. The number of thiol groups is 1. The summed E-state index contributed by atoms with van der Waals surface area (Å²) in [5, 5.41) is 1.13. The van der Waals surface area contributed by atoms with Gasteiger partial charge in [0.05, 0.1) is 5.03 Å². The quantitative estimate of drug-likeness (QED) is 0.507. The summed E-state index contributed by atoms with van der Waals surface area (Å²) in [6, 6.07) is 0. The van der Waals surface area contributed by atoms with Crippen LogP contribution in [0.4, 0.5) is 0 Å². The minimum absolute atomic E-state index is 1.13. The van der Waals surface area contributed by atoms with E-state index in [2.05, 4.69) is 30.7 Å². The maximum atomic E-state index is 4.31. The molecule has 0 aromatic carbocycles. The molecule has 0 saturated heterocycles. The predicted molar refractivity (Wildman–Crippen MR) is 43.6 cm³/mol. The van der Waals surface area contributed by atoms with Gasteiger partial charge in [0, 0.05) is 13.6 Å². The smallest absolute Gasteiger partial charge is 0.0633 e. The molecule has 0 fully saturated rings. The van der Waals surface area contributed by atoms with Gasteiger partial charge in [-0.25, -0.2) is 0 Å². The van der Waals surface area contributed by atoms with E-state index < -0.39 is 0 Å². The van der Waals surface area contributed by atoms with Crippen LogP contribution in [-0.2, 0) is 0 Å². The van der Waals surface area contributed by atoms with E-state index in [0.29, 0.717) is 0 Å². The van der Waals surface area contributed by atoms with E-state index in [1.54, 1.807) is 0 Å². The van der Waals surface area contributed by atoms with Crippen molar-refractivity contribution in [2.45, 2.75) is 19.3 Å². The lowest BCUT2D eigenvalue weighted by molar-refractivity contribution is 0.441. The molecule has 1 heterocycles. The van der Waals surface area contributed by atoms with E-state index in [-0.39, 0.29) is 0 Å². The Labute approximate surface area is 62.1 Å². The molecule has 9 heavy (non-hydrogen) atoms. The van der Waals surface area contributed by atoms with Gasteiger partial charge < -0.3 is 4.90 Å². The van der Waals surface area contributed by atoms with Crippen molar-refractivity contribution < 1.29 is 0 Å². The van der Waals surface area contributed by atoms with E-state index in [1.165, 1.54) is 19.3 Å². The minimum Gasteiger partial charge on any atom is -0.370 e. The number of hydrogen-bond acceptors (Lipinski definition) is 2. The fourth-order valence-corrected chi connectivity index (χ4v) is 1.22. The second-order valence-corrected chi connectivity index (χ2v) is 2.94. The van der Waals surface area contributed by atoms with Crippen LogP contribution < -0.4 is 0 Å². The van der Waals surface area contributed by atoms with Crippen LogP contribution in [0.15, 0.2) is 11.1 Å². The van der Waals surface area contributed by atoms with Crippen LogP contribution in [-0.4, -0.2) is 18.5 Å². The van der Waals surface area contributed by atoms with Crippen LogP contribution in [0, 0.1) is 0 Å². The van der Waals surface area contributed by atoms with Gasteiger partial charge in [0.15, 0.2) is 0 Å². The van der Waals surface area contributed by atoms with Crippen LogP contribution in [0.25, 0.3) is 0 Å². The molecule has 1 nitrogen and oxygen atoms in total. The van der Waals surface area contributed by atoms with E-state index in [1.807, 2.05) is 0 Å². The van der Waals surface area contributed by atoms with Crippen molar-refractivity contribution in [1.82, 2.24) is 4.90 Å². The maximum Gasteiger partial charge on any atom is 0.0633 e. The van der Waals surface area contributed by atoms with Crippen molar-refractivity contribution in [2.75, 3.05) is 13.6 Å². The Hall–Kier alpha value is -0.110. The first kappa shape index (κ1) is 7.00. The summed E-state index contributed by atoms with van der Waals surface area (Å²) in [6.45, 7) is 1.16. The highest BCUT2D eigenvalue weighted by molar-refractivity contribution is 7.84. The van der Waals surface area contributed by atoms with Crippen molar-refractivity contribution in [3.05, 3.63) is 11.1 Å². The molecule has 0 spiro atoms. The third kappa shape index (κ3) is 1.94. The molecule has 1 rings (SSSR count). The summed E-state index contributed by atoms with van der Waals surface area (Å²) in [6.07, 6.45) is 6.00. The molecule has 0 saturated carbocycles. The van der Waals surface area contributed by atoms with Crippen molar-refractivity contribution in [2.24, 2.45) is 0 Å². The summed E-state index contributed by atoms with van der Waals surface area (Å²) < 4.78 is 0. The monoisotopic (exact) mass is 143 g/mol. The lowest BCUT2D eigenvalue weighted by atomic mass is 10.2. The second kappa shape index (κ2) is 3.16. The first-order valence-corrected chi connectivity index (χ1v) is 3.85. The van der Waals surface area contributed by atoms with E-state index >= 15 is 0 Å². The van der Waals surface area contributed by atoms with E-state index in [9.17, 15) is 0 Å². The van der Waals surface area contributed by atoms with Crippen molar-refractivity contribution in [3.63, 3.8) is 0 Å². The molecule has 0 N–H and O–H groups in total. The Balaban J connectivity index is 2.51. The number of allylic oxidation sites excluding steroid dienone is 1. The van der Waals surface area contributed by atoms with Crippen LogP contribution in [0.2, 0.25) is 0 Å². The third-order valence-electron chi connectivity index (χ3n) is 1.67. The van der Waals surface area contributed by atoms with Gasteiger partial charge in [0.1, 0.15) is 0 Å². The van der Waals surface area contributed by atoms with E-state index in [0.717, 1.165) is 11.6 Å². The molecule has 1 aliphatic heterocycles. The largest absolute Gasteiger partial charge is 0.370 e. The molecule has 0 aliphatic carbocycles. The lowest BCUT2D eigenvalue weighted by Gasteiger charge is -2.15. The van der Waals surface area contributed by atoms with Crippen LogP contribution in [0.3, 0.4) is 0 Å². The summed E-state index contributed by atoms with van der Waals surface area (Å²) in [7, 11) is 2.09. The lowest BCUT2D eigenvalue weighted by Crippen LogP contribution is -2.14. The Morgan fingerprint density at radius 1 is 1.56 bits per heavy atom. The highest BCUT2D eigenvalue weighted by atomic mass is 32.1. The molecule has 0 radical (unpaired) electrons. The molecule has 2 heteroatoms. The maximum absolute atomic E-state index is 4.31. The van der Waals surface area contributed by atoms with Gasteiger partial charge in [0.2, 0.25) is 0 Å². The Morgan fingerprint density at radius 2 is 2.33 bits per heavy atom. The molecular formula is C7H13NS. The van der Waals surface area contributed by atoms with Gasteiger partial charge in [-0.05, 0) is 19.3 Å². The molecule has 1 aliphatic rings. The van der Waals surface area contributed by atoms with Gasteiger partial charge >= 0.3 is 0 Å². The van der Waals surface area contributed by atoms with Gasteiger partial charge in [0.25, 0.3) is 0 Å². The third-order valence-corrected chi connectivity index (χ3v) is 2.19. The van der Waals surface area contributed by atoms with Crippen LogP contribution >= 0.6 is 12.6 Å². The van der Waals surface area contributed by atoms with Crippen molar-refractivity contribution in [3.8, 4) is 0 Å². The SMILES string of the molecule is CN1CCCCC=C1S. The molecule has 0 aromatic rings. The normalized spacial score (nSPS) is 21.1. The molecule has 0 unspecified atom stereocenters. The zero-order chi connectivity index (χ0) is 6.69. The molecule has 0 atom stereocenters. The van der Waals surface area contributed by atoms with Crippen LogP contribution in [0.1, 0.15) is 19.3 Å². The van der Waals surface area contributed by atoms with Crippen molar-refractivity contribution in [1.29, 1.82) is 0 Å². The molecule has 0 bridgehead atoms. The fraction of sp³-hybridized carbons (Fsp3) is 0.714. The first-order valence-electron chi connectivity index (χ1n) is 3.41. The minimum atomic E-state index is 1.13. The predicted octanol–water partition coefficient (Wildman–Crippen LogP) is 1.87. The molecule has 0 aromatic heterocycles. The molecular weight excluding hydrogens is 130 g/mol. The molecule has 52 valence electrons. The fourth-order valence-electron chi connectivity index (χ4n) is 0.995. The first-order chi connectivity index (χ1) is 4.30. The highest BCUT2D eigenvalue weighted by Gasteiger charge is 2.02.